The Bertz CT molecular complexity index is 873. The Morgan fingerprint density at radius 1 is 1.23 bits per heavy atom. The zero-order valence-corrected chi connectivity index (χ0v) is 12.6. The fourth-order valence-corrected chi connectivity index (χ4v) is 2.77. The van der Waals surface area contributed by atoms with Gasteiger partial charge in [-0.2, -0.15) is 0 Å². The first-order chi connectivity index (χ1) is 10.5. The van der Waals surface area contributed by atoms with Crippen molar-refractivity contribution >= 4 is 11.6 Å². The average Bonchev–Trinajstić information content (AvgIpc) is 2.45. The molecule has 0 radical (unpaired) electrons. The van der Waals surface area contributed by atoms with E-state index in [-0.39, 0.29) is 17.3 Å². The number of hydrogen-bond donors (Lipinski definition) is 1. The van der Waals surface area contributed by atoms with Crippen LogP contribution < -0.4 is 11.2 Å². The van der Waals surface area contributed by atoms with Crippen LogP contribution >= 0.6 is 11.6 Å². The van der Waals surface area contributed by atoms with Crippen LogP contribution in [0.5, 0.6) is 0 Å². The molecule has 2 N–H and O–H groups in total. The molecular weight excluding hydrogens is 303 g/mol. The van der Waals surface area contributed by atoms with Crippen LogP contribution in [-0.4, -0.2) is 4.57 Å². The molecule has 0 saturated carbocycles. The fraction of sp³-hybridized carbons (Fsp3) is 0.118. The summed E-state index contributed by atoms with van der Waals surface area (Å²) in [6, 6.07) is 10.6. The van der Waals surface area contributed by atoms with Gasteiger partial charge in [-0.3, -0.25) is 4.79 Å². The molecular formula is C17H14ClFN2O. The van der Waals surface area contributed by atoms with Crippen LogP contribution in [0.2, 0.25) is 5.02 Å². The van der Waals surface area contributed by atoms with Gasteiger partial charge in [0.2, 0.25) is 0 Å². The highest BCUT2D eigenvalue weighted by atomic mass is 35.5. The molecule has 112 valence electrons. The highest BCUT2D eigenvalue weighted by Crippen LogP contribution is 2.31. The van der Waals surface area contributed by atoms with E-state index in [1.807, 2.05) is 13.0 Å². The molecule has 0 bridgehead atoms. The van der Waals surface area contributed by atoms with Crippen molar-refractivity contribution in [3.05, 3.63) is 75.4 Å². The van der Waals surface area contributed by atoms with Crippen molar-refractivity contribution in [1.29, 1.82) is 0 Å². The van der Waals surface area contributed by atoms with Crippen molar-refractivity contribution in [2.24, 2.45) is 5.73 Å². The van der Waals surface area contributed by atoms with Gasteiger partial charge in [0.1, 0.15) is 5.82 Å². The van der Waals surface area contributed by atoms with Crippen molar-refractivity contribution in [2.45, 2.75) is 13.0 Å². The number of pyridine rings is 1. The SMILES string of the molecule is CC(N)c1cc2cc(=O)cc(Cl)c-2cn1-c1cccc(F)c1. The molecule has 3 nitrogen and oxygen atoms in total. The van der Waals surface area contributed by atoms with Gasteiger partial charge >= 0.3 is 0 Å². The number of fused-ring (bicyclic) bond motifs is 1. The largest absolute Gasteiger partial charge is 0.323 e. The normalized spacial score (nSPS) is 12.5. The van der Waals surface area contributed by atoms with E-state index in [1.165, 1.54) is 24.3 Å². The van der Waals surface area contributed by atoms with Gasteiger partial charge in [-0.1, -0.05) is 17.7 Å². The Balaban J connectivity index is 2.36. The predicted molar refractivity (Wildman–Crippen MR) is 86.2 cm³/mol. The summed E-state index contributed by atoms with van der Waals surface area (Å²) in [5.74, 6) is -0.332. The van der Waals surface area contributed by atoms with Crippen molar-refractivity contribution in [3.8, 4) is 16.8 Å². The molecule has 5 heteroatoms. The molecule has 0 aromatic heterocycles. The quantitative estimate of drug-likeness (QED) is 0.782. The van der Waals surface area contributed by atoms with E-state index in [0.717, 1.165) is 16.8 Å². The summed E-state index contributed by atoms with van der Waals surface area (Å²) < 4.78 is 15.3. The molecule has 0 amide bonds. The van der Waals surface area contributed by atoms with Gasteiger partial charge in [0.05, 0.1) is 5.02 Å². The van der Waals surface area contributed by atoms with Gasteiger partial charge in [0.15, 0.2) is 5.43 Å². The lowest BCUT2D eigenvalue weighted by molar-refractivity contribution is 0.625. The Morgan fingerprint density at radius 2 is 2.00 bits per heavy atom. The Kier molecular flexibility index (Phi) is 3.72. The molecule has 1 aromatic rings. The molecule has 0 fully saturated rings. The van der Waals surface area contributed by atoms with Gasteiger partial charge in [-0.15, -0.1) is 0 Å². The van der Waals surface area contributed by atoms with Crippen LogP contribution in [-0.2, 0) is 0 Å². The standard InChI is InChI=1S/C17H14ClFN2O/c1-10(20)17-6-11-5-14(22)8-16(18)15(11)9-21(17)13-4-2-3-12(19)7-13/h2-10H,20H2,1H3. The maximum Gasteiger partial charge on any atom is 0.180 e. The van der Waals surface area contributed by atoms with E-state index in [0.29, 0.717) is 10.7 Å². The van der Waals surface area contributed by atoms with Gasteiger partial charge in [-0.25, -0.2) is 4.39 Å². The summed E-state index contributed by atoms with van der Waals surface area (Å²) >= 11 is 6.17. The number of halogens is 2. The molecule has 2 aliphatic rings. The van der Waals surface area contributed by atoms with Crippen LogP contribution in [0.3, 0.4) is 0 Å². The Morgan fingerprint density at radius 3 is 2.68 bits per heavy atom. The lowest BCUT2D eigenvalue weighted by Crippen LogP contribution is -2.15. The number of nitrogens with two attached hydrogens (primary N) is 1. The fourth-order valence-electron chi connectivity index (χ4n) is 2.50. The highest BCUT2D eigenvalue weighted by molar-refractivity contribution is 6.33. The van der Waals surface area contributed by atoms with Crippen LogP contribution in [0.15, 0.2) is 53.5 Å². The molecule has 1 atom stereocenters. The van der Waals surface area contributed by atoms with E-state index in [1.54, 1.807) is 22.9 Å². The van der Waals surface area contributed by atoms with E-state index in [4.69, 9.17) is 17.3 Å². The van der Waals surface area contributed by atoms with Crippen LogP contribution in [0.25, 0.3) is 16.8 Å². The maximum atomic E-state index is 13.5. The molecule has 1 aliphatic heterocycles. The summed E-state index contributed by atoms with van der Waals surface area (Å²) in [7, 11) is 0. The van der Waals surface area contributed by atoms with E-state index < -0.39 is 0 Å². The summed E-state index contributed by atoms with van der Waals surface area (Å²) in [5.41, 5.74) is 8.73. The second-order valence-corrected chi connectivity index (χ2v) is 5.65. The van der Waals surface area contributed by atoms with E-state index in [2.05, 4.69) is 0 Å². The van der Waals surface area contributed by atoms with Gasteiger partial charge in [0.25, 0.3) is 0 Å². The molecule has 1 heterocycles. The minimum Gasteiger partial charge on any atom is -0.323 e. The molecule has 0 saturated heterocycles. The monoisotopic (exact) mass is 316 g/mol. The minimum atomic E-state index is -0.332. The summed E-state index contributed by atoms with van der Waals surface area (Å²) in [6.45, 7) is 1.83. The number of hydrogen-bond acceptors (Lipinski definition) is 2. The first kappa shape index (κ1) is 14.8. The molecule has 0 spiro atoms. The van der Waals surface area contributed by atoms with Crippen molar-refractivity contribution in [2.75, 3.05) is 0 Å². The second kappa shape index (κ2) is 5.55. The average molecular weight is 317 g/mol. The van der Waals surface area contributed by atoms with Crippen LogP contribution in [0.4, 0.5) is 4.39 Å². The third kappa shape index (κ3) is 2.63. The highest BCUT2D eigenvalue weighted by Gasteiger charge is 2.15. The van der Waals surface area contributed by atoms with Gasteiger partial charge < -0.3 is 10.3 Å². The summed E-state index contributed by atoms with van der Waals surface area (Å²) in [6.07, 6.45) is 1.78. The van der Waals surface area contributed by atoms with Crippen molar-refractivity contribution in [3.63, 3.8) is 0 Å². The van der Waals surface area contributed by atoms with E-state index in [9.17, 15) is 9.18 Å². The molecule has 1 unspecified atom stereocenters. The second-order valence-electron chi connectivity index (χ2n) is 5.24. The van der Waals surface area contributed by atoms with Crippen LogP contribution in [0, 0.1) is 5.82 Å². The lowest BCUT2D eigenvalue weighted by Gasteiger charge is -2.21. The number of aromatic nitrogens is 1. The lowest BCUT2D eigenvalue weighted by atomic mass is 10.0. The maximum absolute atomic E-state index is 13.5. The summed E-state index contributed by atoms with van der Waals surface area (Å²) in [4.78, 5) is 11.6. The topological polar surface area (TPSA) is 48.0 Å². The first-order valence-corrected chi connectivity index (χ1v) is 7.21. The van der Waals surface area contributed by atoms with Crippen LogP contribution in [0.1, 0.15) is 18.7 Å². The third-order valence-corrected chi connectivity index (χ3v) is 3.84. The predicted octanol–water partition coefficient (Wildman–Crippen LogP) is 3.75. The van der Waals surface area contributed by atoms with E-state index >= 15 is 0 Å². The smallest absolute Gasteiger partial charge is 0.180 e. The Hall–Kier alpha value is -2.17. The number of nitrogens with zero attached hydrogens (tertiary/aromatic N) is 1. The van der Waals surface area contributed by atoms with Gasteiger partial charge in [0, 0.05) is 35.2 Å². The summed E-state index contributed by atoms with van der Waals surface area (Å²) in [5, 5.41) is 0.365. The third-order valence-electron chi connectivity index (χ3n) is 3.53. The van der Waals surface area contributed by atoms with Gasteiger partial charge in [-0.05, 0) is 42.8 Å². The molecule has 22 heavy (non-hydrogen) atoms. The molecule has 1 aromatic carbocycles. The number of rotatable bonds is 2. The van der Waals surface area contributed by atoms with Crippen molar-refractivity contribution in [1.82, 2.24) is 4.57 Å². The Labute approximate surface area is 132 Å². The number of benzene rings is 2. The molecule has 3 rings (SSSR count). The zero-order valence-electron chi connectivity index (χ0n) is 11.9. The zero-order chi connectivity index (χ0) is 15.9. The van der Waals surface area contributed by atoms with Crippen molar-refractivity contribution < 1.29 is 4.39 Å². The molecule has 1 aliphatic carbocycles. The first-order valence-electron chi connectivity index (χ1n) is 6.83. The minimum absolute atomic E-state index is 0.156.